The molecule has 2 aromatic heterocycles. The van der Waals surface area contributed by atoms with Gasteiger partial charge in [0, 0.05) is 11.8 Å². The molecule has 1 N–H and O–H groups in total. The van der Waals surface area contributed by atoms with Gasteiger partial charge in [-0.05, 0) is 27.2 Å². The molecule has 2 aromatic rings. The first-order valence-electron chi connectivity index (χ1n) is 7.79. The fourth-order valence-electron chi connectivity index (χ4n) is 2.61. The Hall–Kier alpha value is -1.69. The van der Waals surface area contributed by atoms with Crippen LogP contribution in [0.15, 0.2) is 21.2 Å². The van der Waals surface area contributed by atoms with Crippen molar-refractivity contribution in [2.45, 2.75) is 71.1 Å². The molecule has 0 aliphatic rings. The Kier molecular flexibility index (Phi) is 4.41. The average Bonchev–Trinajstić information content (AvgIpc) is 3.07. The minimum atomic E-state index is -1.64. The lowest BCUT2D eigenvalue weighted by Gasteiger charge is -2.30. The molecular formula is C17H25FN2O3. The Bertz CT molecular complexity index is 665. The summed E-state index contributed by atoms with van der Waals surface area (Å²) >= 11 is 0. The highest BCUT2D eigenvalue weighted by molar-refractivity contribution is 5.14. The molecule has 0 amide bonds. The molecule has 1 unspecified atom stereocenters. The van der Waals surface area contributed by atoms with E-state index in [1.54, 1.807) is 13.1 Å². The quantitative estimate of drug-likeness (QED) is 0.869. The van der Waals surface area contributed by atoms with Gasteiger partial charge >= 0.3 is 0 Å². The largest absolute Gasteiger partial charge is 0.443 e. The van der Waals surface area contributed by atoms with Crippen LogP contribution in [0, 0.1) is 0 Å². The van der Waals surface area contributed by atoms with Gasteiger partial charge < -0.3 is 13.9 Å². The number of aryl methyl sites for hydroxylation is 1. The molecule has 0 spiro atoms. The molecule has 0 bridgehead atoms. The summed E-state index contributed by atoms with van der Waals surface area (Å²) in [5.41, 5.74) is -3.48. The third-order valence-electron chi connectivity index (χ3n) is 3.83. The van der Waals surface area contributed by atoms with E-state index in [1.165, 1.54) is 20.0 Å². The summed E-state index contributed by atoms with van der Waals surface area (Å²) in [5, 5.41) is 10.8. The van der Waals surface area contributed by atoms with E-state index in [2.05, 4.69) is 9.97 Å². The van der Waals surface area contributed by atoms with Gasteiger partial charge in [0.25, 0.3) is 0 Å². The fraction of sp³-hybridized carbons (Fsp3) is 0.647. The number of nitrogens with zero attached hydrogens (tertiary/aromatic N) is 2. The molecule has 0 fully saturated rings. The van der Waals surface area contributed by atoms with Crippen molar-refractivity contribution in [3.8, 4) is 0 Å². The maximum absolute atomic E-state index is 13.9. The van der Waals surface area contributed by atoms with Gasteiger partial charge in [-0.15, -0.1) is 0 Å². The van der Waals surface area contributed by atoms with Crippen molar-refractivity contribution in [1.29, 1.82) is 0 Å². The van der Waals surface area contributed by atoms with Gasteiger partial charge in [0.05, 0.1) is 12.4 Å². The second kappa shape index (κ2) is 5.74. The Morgan fingerprint density at radius 3 is 2.13 bits per heavy atom. The third kappa shape index (κ3) is 3.80. The number of halogens is 1. The van der Waals surface area contributed by atoms with E-state index in [4.69, 9.17) is 8.83 Å². The highest BCUT2D eigenvalue weighted by Crippen LogP contribution is 2.38. The van der Waals surface area contributed by atoms with Gasteiger partial charge in [-0.3, -0.25) is 0 Å². The van der Waals surface area contributed by atoms with Gasteiger partial charge in [0.15, 0.2) is 5.67 Å². The van der Waals surface area contributed by atoms with Crippen LogP contribution in [0.25, 0.3) is 0 Å². The second-order valence-corrected chi connectivity index (χ2v) is 7.32. The minimum absolute atomic E-state index is 0.0320. The van der Waals surface area contributed by atoms with Gasteiger partial charge in [-0.1, -0.05) is 20.8 Å². The highest BCUT2D eigenvalue weighted by atomic mass is 19.1. The van der Waals surface area contributed by atoms with Crippen LogP contribution in [-0.4, -0.2) is 15.1 Å². The molecule has 1 atom stereocenters. The van der Waals surface area contributed by atoms with Crippen LogP contribution in [0.5, 0.6) is 0 Å². The standard InChI is InChI=1S/C17H25FN2O3/c1-7-11-8-19-14(22-11)17(6,21)10-15(2,3)12-9-20-13(23-12)16(4,5)18/h8-9,21H,7,10H2,1-6H3. The number of aromatic nitrogens is 2. The minimum Gasteiger partial charge on any atom is -0.443 e. The summed E-state index contributed by atoms with van der Waals surface area (Å²) < 4.78 is 25.1. The molecule has 6 heteroatoms. The van der Waals surface area contributed by atoms with Crippen LogP contribution >= 0.6 is 0 Å². The Morgan fingerprint density at radius 1 is 1.04 bits per heavy atom. The smallest absolute Gasteiger partial charge is 0.231 e. The predicted molar refractivity (Wildman–Crippen MR) is 83.7 cm³/mol. The number of hydrogen-bond donors (Lipinski definition) is 1. The SMILES string of the molecule is CCc1cnc(C(C)(O)CC(C)(C)c2cnc(C(C)(C)F)o2)o1. The monoisotopic (exact) mass is 324 g/mol. The first-order chi connectivity index (χ1) is 10.5. The van der Waals surface area contributed by atoms with E-state index in [0.29, 0.717) is 18.6 Å². The molecule has 128 valence electrons. The van der Waals surface area contributed by atoms with Crippen LogP contribution in [0.1, 0.15) is 71.3 Å². The maximum atomic E-state index is 13.9. The summed E-state index contributed by atoms with van der Waals surface area (Å²) in [4.78, 5) is 8.17. The van der Waals surface area contributed by atoms with Gasteiger partial charge in [-0.2, -0.15) is 0 Å². The Labute approximate surface area is 135 Å². The number of oxazole rings is 2. The molecule has 2 rings (SSSR count). The van der Waals surface area contributed by atoms with Crippen LogP contribution in [0.4, 0.5) is 4.39 Å². The summed E-state index contributed by atoms with van der Waals surface area (Å²) in [7, 11) is 0. The topological polar surface area (TPSA) is 72.3 Å². The average molecular weight is 324 g/mol. The number of aliphatic hydroxyl groups is 1. The van der Waals surface area contributed by atoms with E-state index < -0.39 is 16.7 Å². The molecule has 5 nitrogen and oxygen atoms in total. The zero-order valence-electron chi connectivity index (χ0n) is 14.6. The van der Waals surface area contributed by atoms with Crippen molar-refractivity contribution >= 4 is 0 Å². The van der Waals surface area contributed by atoms with E-state index in [1.807, 2.05) is 20.8 Å². The molecular weight excluding hydrogens is 299 g/mol. The Morgan fingerprint density at radius 2 is 1.65 bits per heavy atom. The normalized spacial score (nSPS) is 15.7. The fourth-order valence-corrected chi connectivity index (χ4v) is 2.61. The molecule has 0 saturated heterocycles. The van der Waals surface area contributed by atoms with Crippen LogP contribution in [0.2, 0.25) is 0 Å². The van der Waals surface area contributed by atoms with Crippen molar-refractivity contribution in [2.75, 3.05) is 0 Å². The molecule has 2 heterocycles. The van der Waals surface area contributed by atoms with Crippen LogP contribution < -0.4 is 0 Å². The molecule has 0 aliphatic carbocycles. The first kappa shape index (κ1) is 17.7. The zero-order valence-corrected chi connectivity index (χ0v) is 14.6. The van der Waals surface area contributed by atoms with Crippen molar-refractivity contribution in [3.05, 3.63) is 35.7 Å². The summed E-state index contributed by atoms with van der Waals surface area (Å²) in [5.74, 6) is 1.54. The van der Waals surface area contributed by atoms with Gasteiger partial charge in [0.2, 0.25) is 11.8 Å². The van der Waals surface area contributed by atoms with Gasteiger partial charge in [0.1, 0.15) is 17.1 Å². The predicted octanol–water partition coefficient (Wildman–Crippen LogP) is 4.01. The van der Waals surface area contributed by atoms with Crippen molar-refractivity contribution in [2.24, 2.45) is 0 Å². The highest BCUT2D eigenvalue weighted by Gasteiger charge is 2.39. The lowest BCUT2D eigenvalue weighted by Crippen LogP contribution is -2.32. The van der Waals surface area contributed by atoms with Crippen LogP contribution in [0.3, 0.4) is 0 Å². The summed E-state index contributed by atoms with van der Waals surface area (Å²) in [6.07, 6.45) is 4.14. The van der Waals surface area contributed by atoms with E-state index in [-0.39, 0.29) is 11.8 Å². The molecule has 23 heavy (non-hydrogen) atoms. The summed E-state index contributed by atoms with van der Waals surface area (Å²) in [6.45, 7) is 10.2. The Balaban J connectivity index is 2.24. The molecule has 0 saturated carbocycles. The van der Waals surface area contributed by atoms with Gasteiger partial charge in [-0.25, -0.2) is 14.4 Å². The van der Waals surface area contributed by atoms with E-state index in [9.17, 15) is 9.50 Å². The van der Waals surface area contributed by atoms with Crippen molar-refractivity contribution in [1.82, 2.24) is 9.97 Å². The molecule has 0 aliphatic heterocycles. The second-order valence-electron chi connectivity index (χ2n) is 7.32. The lowest BCUT2D eigenvalue weighted by molar-refractivity contribution is -0.00241. The summed E-state index contributed by atoms with van der Waals surface area (Å²) in [6, 6.07) is 0. The zero-order chi connectivity index (χ0) is 17.5. The maximum Gasteiger partial charge on any atom is 0.231 e. The van der Waals surface area contributed by atoms with E-state index >= 15 is 0 Å². The number of hydrogen-bond acceptors (Lipinski definition) is 5. The van der Waals surface area contributed by atoms with E-state index in [0.717, 1.165) is 5.76 Å². The first-order valence-corrected chi connectivity index (χ1v) is 7.79. The number of alkyl halides is 1. The third-order valence-corrected chi connectivity index (χ3v) is 3.83. The lowest BCUT2D eigenvalue weighted by atomic mass is 9.79. The van der Waals surface area contributed by atoms with Crippen molar-refractivity contribution < 1.29 is 18.3 Å². The van der Waals surface area contributed by atoms with Crippen LogP contribution in [-0.2, 0) is 23.1 Å². The molecule has 0 radical (unpaired) electrons. The molecule has 0 aromatic carbocycles. The van der Waals surface area contributed by atoms with Crippen molar-refractivity contribution in [3.63, 3.8) is 0 Å². The number of rotatable bonds is 6.